The Labute approximate surface area is 154 Å². The summed E-state index contributed by atoms with van der Waals surface area (Å²) in [5, 5.41) is 5.13. The fraction of sp³-hybridized carbons (Fsp3) is 0.722. The van der Waals surface area contributed by atoms with E-state index in [1.807, 2.05) is 0 Å². The van der Waals surface area contributed by atoms with Crippen LogP contribution in [0.1, 0.15) is 39.0 Å². The molecule has 2 aliphatic rings. The lowest BCUT2D eigenvalue weighted by Gasteiger charge is -2.31. The van der Waals surface area contributed by atoms with E-state index in [0.29, 0.717) is 39.3 Å². The second-order valence-electron chi connectivity index (χ2n) is 6.77. The fourth-order valence-corrected chi connectivity index (χ4v) is 3.31. The Kier molecular flexibility index (Phi) is 8.40. The first kappa shape index (κ1) is 20.2. The van der Waals surface area contributed by atoms with E-state index in [2.05, 4.69) is 16.7 Å². The summed E-state index contributed by atoms with van der Waals surface area (Å²) in [6, 6.07) is -0.434. The number of urea groups is 1. The number of amides is 4. The van der Waals surface area contributed by atoms with Crippen molar-refractivity contribution in [2.24, 2.45) is 0 Å². The minimum Gasteiger partial charge on any atom is -0.450 e. The lowest BCUT2D eigenvalue weighted by molar-refractivity contribution is -0.896. The number of imide groups is 1. The predicted octanol–water partition coefficient (Wildman–Crippen LogP) is 0.0597. The van der Waals surface area contributed by atoms with E-state index in [0.717, 1.165) is 24.2 Å². The average Bonchev–Trinajstić information content (AvgIpc) is 2.63. The Bertz CT molecular complexity index is 527. The number of nitrogens with zero attached hydrogens (tertiary/aromatic N) is 1. The van der Waals surface area contributed by atoms with Gasteiger partial charge in [-0.25, -0.2) is 9.59 Å². The second kappa shape index (κ2) is 10.8. The number of ether oxygens (including phenoxy) is 1. The zero-order valence-electron chi connectivity index (χ0n) is 15.6. The molecular formula is C18H31N4O4+. The molecule has 0 saturated carbocycles. The van der Waals surface area contributed by atoms with Crippen LogP contribution in [0, 0.1) is 0 Å². The Hall–Kier alpha value is -2.09. The van der Waals surface area contributed by atoms with Crippen molar-refractivity contribution in [1.29, 1.82) is 0 Å². The highest BCUT2D eigenvalue weighted by atomic mass is 16.6. The minimum absolute atomic E-state index is 0.231. The van der Waals surface area contributed by atoms with Crippen molar-refractivity contribution in [3.8, 4) is 0 Å². The molecule has 0 spiro atoms. The molecule has 26 heavy (non-hydrogen) atoms. The third-order valence-electron chi connectivity index (χ3n) is 4.78. The molecule has 0 unspecified atom stereocenters. The molecule has 0 aromatic heterocycles. The largest absolute Gasteiger partial charge is 0.450 e. The molecular weight excluding hydrogens is 336 g/mol. The Morgan fingerprint density at radius 1 is 1.23 bits per heavy atom. The van der Waals surface area contributed by atoms with Crippen LogP contribution in [0.3, 0.4) is 0 Å². The van der Waals surface area contributed by atoms with Gasteiger partial charge in [-0.3, -0.25) is 15.0 Å². The summed E-state index contributed by atoms with van der Waals surface area (Å²) in [7, 11) is 0. The first-order valence-electron chi connectivity index (χ1n) is 9.59. The molecule has 1 saturated heterocycles. The van der Waals surface area contributed by atoms with Crippen LogP contribution in [0.2, 0.25) is 0 Å². The molecule has 0 radical (unpaired) electrons. The molecule has 146 valence electrons. The summed E-state index contributed by atoms with van der Waals surface area (Å²) in [6.45, 7) is 5.38. The van der Waals surface area contributed by atoms with Gasteiger partial charge in [0.15, 0.2) is 6.54 Å². The molecule has 0 atom stereocenters. The van der Waals surface area contributed by atoms with Gasteiger partial charge in [-0.05, 0) is 39.0 Å². The zero-order valence-corrected chi connectivity index (χ0v) is 15.6. The van der Waals surface area contributed by atoms with Crippen LogP contribution in [0.25, 0.3) is 0 Å². The van der Waals surface area contributed by atoms with Crippen molar-refractivity contribution in [3.05, 3.63) is 11.6 Å². The molecule has 1 aliphatic heterocycles. The molecule has 8 heteroatoms. The summed E-state index contributed by atoms with van der Waals surface area (Å²) in [5.74, 6) is -0.293. The number of quaternary nitrogens is 1. The topological polar surface area (TPSA) is 92.2 Å². The van der Waals surface area contributed by atoms with E-state index in [9.17, 15) is 14.4 Å². The first-order chi connectivity index (χ1) is 12.6. The van der Waals surface area contributed by atoms with E-state index >= 15 is 0 Å². The maximum absolute atomic E-state index is 12.0. The summed E-state index contributed by atoms with van der Waals surface area (Å²) in [5.41, 5.74) is 1.40. The van der Waals surface area contributed by atoms with Crippen LogP contribution in [-0.2, 0) is 9.53 Å². The number of rotatable bonds is 6. The van der Waals surface area contributed by atoms with E-state index in [4.69, 9.17) is 4.74 Å². The number of piperazine rings is 1. The van der Waals surface area contributed by atoms with Crippen molar-refractivity contribution in [2.45, 2.75) is 39.0 Å². The highest BCUT2D eigenvalue weighted by molar-refractivity contribution is 5.94. The summed E-state index contributed by atoms with van der Waals surface area (Å²) < 4.78 is 4.97. The van der Waals surface area contributed by atoms with Gasteiger partial charge < -0.3 is 15.0 Å². The van der Waals surface area contributed by atoms with E-state index < -0.39 is 6.03 Å². The van der Waals surface area contributed by atoms with Gasteiger partial charge in [-0.1, -0.05) is 11.6 Å². The molecule has 1 heterocycles. The Morgan fingerprint density at radius 3 is 2.65 bits per heavy atom. The van der Waals surface area contributed by atoms with Gasteiger partial charge in [0.2, 0.25) is 0 Å². The van der Waals surface area contributed by atoms with Crippen molar-refractivity contribution >= 4 is 18.0 Å². The van der Waals surface area contributed by atoms with Gasteiger partial charge in [0, 0.05) is 6.54 Å². The standard InChI is InChI=1S/C18H30N4O4/c1-2-26-18(25)22-12-10-21(11-13-22)14-16(23)20-17(24)19-9-8-15-6-4-3-5-7-15/h6H,2-5,7-14H2,1H3,(H2,19,20,23,24)/p+1. The first-order valence-corrected chi connectivity index (χ1v) is 9.59. The molecule has 1 fully saturated rings. The number of hydrogen-bond donors (Lipinski definition) is 3. The van der Waals surface area contributed by atoms with Gasteiger partial charge in [0.05, 0.1) is 32.8 Å². The quantitative estimate of drug-likeness (QED) is 0.579. The molecule has 4 amide bonds. The summed E-state index contributed by atoms with van der Waals surface area (Å²) in [4.78, 5) is 38.2. The van der Waals surface area contributed by atoms with Gasteiger partial charge in [-0.2, -0.15) is 0 Å². The number of carbonyl (C=O) groups is 3. The number of carbonyl (C=O) groups excluding carboxylic acids is 3. The van der Waals surface area contributed by atoms with Crippen LogP contribution in [-0.4, -0.2) is 68.8 Å². The van der Waals surface area contributed by atoms with Gasteiger partial charge in [0.25, 0.3) is 5.91 Å². The van der Waals surface area contributed by atoms with E-state index in [1.54, 1.807) is 11.8 Å². The second-order valence-corrected chi connectivity index (χ2v) is 6.77. The van der Waals surface area contributed by atoms with Gasteiger partial charge in [0.1, 0.15) is 0 Å². The molecule has 0 aromatic carbocycles. The van der Waals surface area contributed by atoms with Gasteiger partial charge in [-0.15, -0.1) is 0 Å². The van der Waals surface area contributed by atoms with Gasteiger partial charge >= 0.3 is 12.1 Å². The van der Waals surface area contributed by atoms with E-state index in [1.165, 1.54) is 18.4 Å². The number of allylic oxidation sites excluding steroid dienone is 1. The van der Waals surface area contributed by atoms with Crippen LogP contribution in [0.5, 0.6) is 0 Å². The van der Waals surface area contributed by atoms with Crippen molar-refractivity contribution in [1.82, 2.24) is 15.5 Å². The van der Waals surface area contributed by atoms with E-state index in [-0.39, 0.29) is 18.5 Å². The summed E-state index contributed by atoms with van der Waals surface area (Å²) in [6.07, 6.45) is 7.53. The Balaban J connectivity index is 1.59. The molecule has 0 aromatic rings. The van der Waals surface area contributed by atoms with Crippen molar-refractivity contribution < 1.29 is 24.0 Å². The SMILES string of the molecule is CCOC(=O)N1CC[NH+](CC(=O)NC(=O)NCCC2=CCCCC2)CC1. The summed E-state index contributed by atoms with van der Waals surface area (Å²) >= 11 is 0. The highest BCUT2D eigenvalue weighted by Crippen LogP contribution is 2.19. The average molecular weight is 367 g/mol. The fourth-order valence-electron chi connectivity index (χ4n) is 3.31. The van der Waals surface area contributed by atoms with Crippen LogP contribution in [0.4, 0.5) is 9.59 Å². The van der Waals surface area contributed by atoms with Crippen LogP contribution < -0.4 is 15.5 Å². The third kappa shape index (κ3) is 7.03. The zero-order chi connectivity index (χ0) is 18.8. The smallest absolute Gasteiger partial charge is 0.410 e. The predicted molar refractivity (Wildman–Crippen MR) is 96.9 cm³/mol. The maximum atomic E-state index is 12.0. The number of nitrogens with one attached hydrogen (secondary N) is 3. The lowest BCUT2D eigenvalue weighted by Crippen LogP contribution is -3.15. The monoisotopic (exact) mass is 367 g/mol. The van der Waals surface area contributed by atoms with Crippen LogP contribution >= 0.6 is 0 Å². The Morgan fingerprint density at radius 2 is 2.00 bits per heavy atom. The van der Waals surface area contributed by atoms with Crippen molar-refractivity contribution in [2.75, 3.05) is 45.9 Å². The molecule has 8 nitrogen and oxygen atoms in total. The number of hydrogen-bond acceptors (Lipinski definition) is 4. The molecule has 1 aliphatic carbocycles. The molecule has 2 rings (SSSR count). The third-order valence-corrected chi connectivity index (χ3v) is 4.78. The van der Waals surface area contributed by atoms with Crippen molar-refractivity contribution in [3.63, 3.8) is 0 Å². The molecule has 0 bridgehead atoms. The minimum atomic E-state index is -0.434. The highest BCUT2D eigenvalue weighted by Gasteiger charge is 2.26. The molecule has 3 N–H and O–H groups in total. The van der Waals surface area contributed by atoms with Crippen LogP contribution in [0.15, 0.2) is 11.6 Å². The normalized spacial score (nSPS) is 18.0. The lowest BCUT2D eigenvalue weighted by atomic mass is 9.97. The maximum Gasteiger partial charge on any atom is 0.410 e.